The number of rotatable bonds is 3. The molecule has 0 spiro atoms. The van der Waals surface area contributed by atoms with Crippen LogP contribution in [0.25, 0.3) is 0 Å². The third-order valence-electron chi connectivity index (χ3n) is 1.87. The molecular formula is C10H13ClO3. The topological polar surface area (TPSA) is 49.7 Å². The van der Waals surface area contributed by atoms with Crippen LogP contribution in [0, 0.1) is 6.92 Å². The van der Waals surface area contributed by atoms with E-state index in [1.807, 2.05) is 6.92 Å². The van der Waals surface area contributed by atoms with Crippen LogP contribution in [0.2, 0.25) is 5.02 Å². The number of halogens is 1. The molecule has 78 valence electrons. The molecule has 0 heterocycles. The van der Waals surface area contributed by atoms with Gasteiger partial charge in [0.05, 0.1) is 11.6 Å². The van der Waals surface area contributed by atoms with Gasteiger partial charge in [-0.3, -0.25) is 0 Å². The van der Waals surface area contributed by atoms with Crippen LogP contribution < -0.4 is 4.74 Å². The van der Waals surface area contributed by atoms with Crippen molar-refractivity contribution in [3.63, 3.8) is 0 Å². The predicted octanol–water partition coefficient (Wildman–Crippen LogP) is 2.85. The van der Waals surface area contributed by atoms with Crippen molar-refractivity contribution >= 4 is 11.6 Å². The fraction of sp³-hybridized carbons (Fsp3) is 0.400. The van der Waals surface area contributed by atoms with E-state index in [0.717, 1.165) is 6.42 Å². The lowest BCUT2D eigenvalue weighted by Crippen LogP contribution is -1.97. The van der Waals surface area contributed by atoms with E-state index < -0.39 is 0 Å². The summed E-state index contributed by atoms with van der Waals surface area (Å²) < 4.78 is 5.26. The third kappa shape index (κ3) is 2.04. The number of phenols is 2. The van der Waals surface area contributed by atoms with Crippen molar-refractivity contribution in [2.45, 2.75) is 20.3 Å². The van der Waals surface area contributed by atoms with Crippen LogP contribution in [-0.2, 0) is 0 Å². The van der Waals surface area contributed by atoms with Crippen LogP contribution in [0.4, 0.5) is 0 Å². The lowest BCUT2D eigenvalue weighted by atomic mass is 10.2. The quantitative estimate of drug-likeness (QED) is 0.817. The van der Waals surface area contributed by atoms with Crippen molar-refractivity contribution in [1.82, 2.24) is 0 Å². The summed E-state index contributed by atoms with van der Waals surface area (Å²) in [4.78, 5) is 0. The minimum absolute atomic E-state index is 0.0312. The van der Waals surface area contributed by atoms with Gasteiger partial charge in [0.15, 0.2) is 11.5 Å². The Bertz CT molecular complexity index is 337. The van der Waals surface area contributed by atoms with Crippen molar-refractivity contribution in [1.29, 1.82) is 0 Å². The van der Waals surface area contributed by atoms with Gasteiger partial charge in [-0.05, 0) is 13.3 Å². The lowest BCUT2D eigenvalue weighted by molar-refractivity contribution is 0.298. The van der Waals surface area contributed by atoms with E-state index >= 15 is 0 Å². The Morgan fingerprint density at radius 3 is 2.57 bits per heavy atom. The lowest BCUT2D eigenvalue weighted by Gasteiger charge is -2.11. The normalized spacial score (nSPS) is 10.2. The van der Waals surface area contributed by atoms with Crippen LogP contribution in [0.5, 0.6) is 17.2 Å². The van der Waals surface area contributed by atoms with Gasteiger partial charge < -0.3 is 14.9 Å². The van der Waals surface area contributed by atoms with E-state index in [-0.39, 0.29) is 22.3 Å². The summed E-state index contributed by atoms with van der Waals surface area (Å²) in [7, 11) is 0. The highest BCUT2D eigenvalue weighted by Crippen LogP contribution is 2.41. The fourth-order valence-electron chi connectivity index (χ4n) is 1.04. The summed E-state index contributed by atoms with van der Waals surface area (Å²) in [6.07, 6.45) is 0.829. The van der Waals surface area contributed by atoms with Crippen LogP contribution in [0.1, 0.15) is 18.9 Å². The summed E-state index contributed by atoms with van der Waals surface area (Å²) in [5.41, 5.74) is 0.510. The first kappa shape index (κ1) is 11.0. The van der Waals surface area contributed by atoms with Gasteiger partial charge in [-0.15, -0.1) is 0 Å². The Labute approximate surface area is 87.9 Å². The maximum atomic E-state index is 9.45. The summed E-state index contributed by atoms with van der Waals surface area (Å²) in [5.74, 6) is 0.0757. The standard InChI is InChI=1S/C10H13ClO3/c1-3-4-14-10-8(13)5-7(12)6(2)9(10)11/h5,12-13H,3-4H2,1-2H3. The van der Waals surface area contributed by atoms with Crippen molar-refractivity contribution in [2.75, 3.05) is 6.61 Å². The van der Waals surface area contributed by atoms with Gasteiger partial charge in [0.2, 0.25) is 0 Å². The molecule has 0 aliphatic heterocycles. The molecule has 0 amide bonds. The maximum absolute atomic E-state index is 9.45. The number of ether oxygens (including phenoxy) is 1. The number of benzene rings is 1. The molecule has 0 bridgehead atoms. The van der Waals surface area contributed by atoms with Gasteiger partial charge >= 0.3 is 0 Å². The van der Waals surface area contributed by atoms with Crippen molar-refractivity contribution in [3.8, 4) is 17.2 Å². The second-order valence-corrected chi connectivity index (χ2v) is 3.41. The molecular weight excluding hydrogens is 204 g/mol. The van der Waals surface area contributed by atoms with E-state index in [1.165, 1.54) is 6.07 Å². The molecule has 0 aromatic heterocycles. The van der Waals surface area contributed by atoms with Crippen LogP contribution in [0.15, 0.2) is 6.07 Å². The van der Waals surface area contributed by atoms with E-state index in [9.17, 15) is 10.2 Å². The molecule has 1 rings (SSSR count). The summed E-state index contributed by atoms with van der Waals surface area (Å²) in [6.45, 7) is 4.10. The molecule has 14 heavy (non-hydrogen) atoms. The molecule has 0 unspecified atom stereocenters. The average Bonchev–Trinajstić information content (AvgIpc) is 2.14. The SMILES string of the molecule is CCCOc1c(O)cc(O)c(C)c1Cl. The first-order chi connectivity index (χ1) is 6.57. The fourth-order valence-corrected chi connectivity index (χ4v) is 1.29. The van der Waals surface area contributed by atoms with E-state index in [0.29, 0.717) is 12.2 Å². The zero-order valence-electron chi connectivity index (χ0n) is 8.17. The third-order valence-corrected chi connectivity index (χ3v) is 2.32. The van der Waals surface area contributed by atoms with Gasteiger partial charge in [-0.1, -0.05) is 18.5 Å². The molecule has 4 heteroatoms. The van der Waals surface area contributed by atoms with Gasteiger partial charge in [0, 0.05) is 11.6 Å². The Hall–Kier alpha value is -1.09. The van der Waals surface area contributed by atoms with Crippen LogP contribution in [-0.4, -0.2) is 16.8 Å². The van der Waals surface area contributed by atoms with E-state index in [1.54, 1.807) is 6.92 Å². The van der Waals surface area contributed by atoms with Gasteiger partial charge in [-0.2, -0.15) is 0 Å². The number of phenolic OH excluding ortho intramolecular Hbond substituents is 2. The highest BCUT2D eigenvalue weighted by atomic mass is 35.5. The Morgan fingerprint density at radius 1 is 1.36 bits per heavy atom. The summed E-state index contributed by atoms with van der Waals surface area (Å²) in [5, 5.41) is 19.0. The highest BCUT2D eigenvalue weighted by Gasteiger charge is 2.14. The molecule has 0 saturated heterocycles. The monoisotopic (exact) mass is 216 g/mol. The van der Waals surface area contributed by atoms with E-state index in [2.05, 4.69) is 0 Å². The van der Waals surface area contributed by atoms with Gasteiger partial charge in [-0.25, -0.2) is 0 Å². The molecule has 0 saturated carbocycles. The smallest absolute Gasteiger partial charge is 0.180 e. The first-order valence-corrected chi connectivity index (χ1v) is 4.79. The Balaban J connectivity index is 3.09. The van der Waals surface area contributed by atoms with Gasteiger partial charge in [0.25, 0.3) is 0 Å². The second kappa shape index (κ2) is 4.42. The summed E-state index contributed by atoms with van der Waals surface area (Å²) >= 11 is 5.89. The largest absolute Gasteiger partial charge is 0.507 e. The second-order valence-electron chi connectivity index (χ2n) is 3.03. The summed E-state index contributed by atoms with van der Waals surface area (Å²) in [6, 6.07) is 1.23. The minimum atomic E-state index is -0.133. The van der Waals surface area contributed by atoms with Crippen molar-refractivity contribution in [2.24, 2.45) is 0 Å². The molecule has 1 aromatic rings. The molecule has 1 aromatic carbocycles. The molecule has 0 aliphatic rings. The highest BCUT2D eigenvalue weighted by molar-refractivity contribution is 6.33. The Morgan fingerprint density at radius 2 is 2.00 bits per heavy atom. The zero-order valence-corrected chi connectivity index (χ0v) is 8.93. The molecule has 0 radical (unpaired) electrons. The maximum Gasteiger partial charge on any atom is 0.180 e. The van der Waals surface area contributed by atoms with Crippen LogP contribution >= 0.6 is 11.6 Å². The van der Waals surface area contributed by atoms with Crippen molar-refractivity contribution in [3.05, 3.63) is 16.7 Å². The molecule has 2 N–H and O–H groups in total. The number of hydrogen-bond donors (Lipinski definition) is 2. The number of aromatic hydroxyl groups is 2. The molecule has 0 aliphatic carbocycles. The zero-order chi connectivity index (χ0) is 10.7. The molecule has 0 atom stereocenters. The first-order valence-electron chi connectivity index (χ1n) is 4.41. The van der Waals surface area contributed by atoms with Crippen molar-refractivity contribution < 1.29 is 14.9 Å². The molecule has 0 fully saturated rings. The number of hydrogen-bond acceptors (Lipinski definition) is 3. The molecule has 3 nitrogen and oxygen atoms in total. The predicted molar refractivity (Wildman–Crippen MR) is 55.3 cm³/mol. The Kier molecular flexibility index (Phi) is 3.47. The van der Waals surface area contributed by atoms with E-state index in [4.69, 9.17) is 16.3 Å². The van der Waals surface area contributed by atoms with Gasteiger partial charge in [0.1, 0.15) is 5.75 Å². The van der Waals surface area contributed by atoms with Crippen LogP contribution in [0.3, 0.4) is 0 Å². The minimum Gasteiger partial charge on any atom is -0.507 e. The average molecular weight is 217 g/mol.